The smallest absolute Gasteiger partial charge is 0.222 e. The number of hydrogen-bond donors (Lipinski definition) is 0. The number of hydrogen-bond acceptors (Lipinski definition) is 2. The zero-order valence-electron chi connectivity index (χ0n) is 11.5. The third kappa shape index (κ3) is 3.95. The van der Waals surface area contributed by atoms with Crippen molar-refractivity contribution in [2.24, 2.45) is 0 Å². The quantitative estimate of drug-likeness (QED) is 0.606. The third-order valence-electron chi connectivity index (χ3n) is 3.60. The maximum absolute atomic E-state index is 13.7. The zero-order chi connectivity index (χ0) is 14.4. The van der Waals surface area contributed by atoms with Gasteiger partial charge in [-0.2, -0.15) is 0 Å². The molecule has 1 saturated heterocycles. The van der Waals surface area contributed by atoms with Gasteiger partial charge in [-0.15, -0.1) is 0 Å². The highest BCUT2D eigenvalue weighted by Crippen LogP contribution is 2.20. The lowest BCUT2D eigenvalue weighted by Gasteiger charge is -2.36. The Morgan fingerprint density at radius 2 is 1.85 bits per heavy atom. The fourth-order valence-electron chi connectivity index (χ4n) is 2.43. The lowest BCUT2D eigenvalue weighted by Crippen LogP contribution is -2.49. The first-order valence-electron chi connectivity index (χ1n) is 7.05. The van der Waals surface area contributed by atoms with Crippen LogP contribution in [-0.2, 0) is 4.79 Å². The van der Waals surface area contributed by atoms with E-state index in [2.05, 4.69) is 15.9 Å². The Bertz CT molecular complexity index is 447. The van der Waals surface area contributed by atoms with E-state index in [0.717, 1.165) is 18.2 Å². The van der Waals surface area contributed by atoms with Gasteiger partial charge in [0.15, 0.2) is 0 Å². The van der Waals surface area contributed by atoms with Crippen LogP contribution in [0.15, 0.2) is 24.3 Å². The summed E-state index contributed by atoms with van der Waals surface area (Å²) in [7, 11) is 0. The van der Waals surface area contributed by atoms with Crippen molar-refractivity contribution < 1.29 is 9.18 Å². The summed E-state index contributed by atoms with van der Waals surface area (Å²) in [4.78, 5) is 15.9. The summed E-state index contributed by atoms with van der Waals surface area (Å²) < 4.78 is 13.7. The van der Waals surface area contributed by atoms with E-state index in [9.17, 15) is 9.18 Å². The van der Waals surface area contributed by atoms with Gasteiger partial charge in [0.2, 0.25) is 5.91 Å². The number of nitrogens with zero attached hydrogens (tertiary/aromatic N) is 2. The van der Waals surface area contributed by atoms with E-state index in [1.807, 2.05) is 15.9 Å². The van der Waals surface area contributed by atoms with Crippen molar-refractivity contribution in [3.05, 3.63) is 30.1 Å². The molecule has 0 aromatic heterocycles. The van der Waals surface area contributed by atoms with E-state index in [1.165, 1.54) is 6.07 Å². The minimum atomic E-state index is -0.190. The fraction of sp³-hybridized carbons (Fsp3) is 0.533. The van der Waals surface area contributed by atoms with Crippen LogP contribution >= 0.6 is 15.9 Å². The summed E-state index contributed by atoms with van der Waals surface area (Å²) in [6.45, 7) is 2.76. The van der Waals surface area contributed by atoms with Gasteiger partial charge in [0, 0.05) is 37.9 Å². The molecule has 0 radical (unpaired) electrons. The molecule has 5 heteroatoms. The van der Waals surface area contributed by atoms with Crippen LogP contribution in [0.5, 0.6) is 0 Å². The molecular weight excluding hydrogens is 323 g/mol. The van der Waals surface area contributed by atoms with E-state index in [-0.39, 0.29) is 11.7 Å². The van der Waals surface area contributed by atoms with Gasteiger partial charge < -0.3 is 9.80 Å². The van der Waals surface area contributed by atoms with Gasteiger partial charge in [-0.25, -0.2) is 4.39 Å². The summed E-state index contributed by atoms with van der Waals surface area (Å²) in [6.07, 6.45) is 2.57. The van der Waals surface area contributed by atoms with Gasteiger partial charge in [-0.1, -0.05) is 28.1 Å². The van der Waals surface area contributed by atoms with E-state index in [0.29, 0.717) is 38.3 Å². The van der Waals surface area contributed by atoms with E-state index in [4.69, 9.17) is 0 Å². The number of amides is 1. The lowest BCUT2D eigenvalue weighted by atomic mass is 10.2. The Kier molecular flexibility index (Phi) is 5.83. The van der Waals surface area contributed by atoms with Crippen LogP contribution in [0.4, 0.5) is 10.1 Å². The second-order valence-electron chi connectivity index (χ2n) is 4.97. The number of halogens is 2. The second-order valence-corrected chi connectivity index (χ2v) is 5.76. The van der Waals surface area contributed by atoms with Crippen LogP contribution in [0.25, 0.3) is 0 Å². The molecule has 110 valence electrons. The number of unbranched alkanes of at least 4 members (excludes halogenated alkanes) is 1. The van der Waals surface area contributed by atoms with E-state index < -0.39 is 0 Å². The molecule has 2 rings (SSSR count). The van der Waals surface area contributed by atoms with Gasteiger partial charge in [0.25, 0.3) is 0 Å². The summed E-state index contributed by atoms with van der Waals surface area (Å²) in [5.74, 6) is 0.0312. The number of piperazine rings is 1. The molecule has 3 nitrogen and oxygen atoms in total. The maximum Gasteiger partial charge on any atom is 0.222 e. The van der Waals surface area contributed by atoms with E-state index in [1.54, 1.807) is 12.1 Å². The molecule has 1 amide bonds. The lowest BCUT2D eigenvalue weighted by molar-refractivity contribution is -0.131. The van der Waals surface area contributed by atoms with Gasteiger partial charge in [-0.05, 0) is 25.0 Å². The SMILES string of the molecule is O=C(CCCCBr)N1CCN(c2ccccc2F)CC1. The first-order chi connectivity index (χ1) is 9.72. The number of anilines is 1. The Labute approximate surface area is 127 Å². The van der Waals surface area contributed by atoms with E-state index >= 15 is 0 Å². The molecule has 1 heterocycles. The second kappa shape index (κ2) is 7.62. The summed E-state index contributed by atoms with van der Waals surface area (Å²) in [5, 5.41) is 0.946. The number of carbonyl (C=O) groups excluding carboxylic acids is 1. The van der Waals surface area contributed by atoms with Crippen molar-refractivity contribution in [2.45, 2.75) is 19.3 Å². The molecular formula is C15H20BrFN2O. The van der Waals surface area contributed by atoms with Crippen molar-refractivity contribution in [2.75, 3.05) is 36.4 Å². The van der Waals surface area contributed by atoms with Crippen LogP contribution < -0.4 is 4.90 Å². The maximum atomic E-state index is 13.7. The highest BCUT2D eigenvalue weighted by Gasteiger charge is 2.22. The third-order valence-corrected chi connectivity index (χ3v) is 4.16. The van der Waals surface area contributed by atoms with Crippen LogP contribution in [-0.4, -0.2) is 42.3 Å². The van der Waals surface area contributed by atoms with Crippen molar-refractivity contribution in [3.8, 4) is 0 Å². The molecule has 20 heavy (non-hydrogen) atoms. The van der Waals surface area contributed by atoms with Crippen molar-refractivity contribution in [3.63, 3.8) is 0 Å². The average Bonchev–Trinajstić information content (AvgIpc) is 2.48. The summed E-state index contributed by atoms with van der Waals surface area (Å²) in [6, 6.07) is 6.81. The molecule has 0 atom stereocenters. The van der Waals surface area contributed by atoms with Crippen LogP contribution in [0.2, 0.25) is 0 Å². The molecule has 1 aliphatic rings. The zero-order valence-corrected chi connectivity index (χ0v) is 13.1. The Morgan fingerprint density at radius 3 is 2.50 bits per heavy atom. The topological polar surface area (TPSA) is 23.6 Å². The molecule has 0 N–H and O–H groups in total. The Morgan fingerprint density at radius 1 is 1.15 bits per heavy atom. The number of benzene rings is 1. The minimum absolute atomic E-state index is 0.190. The first-order valence-corrected chi connectivity index (χ1v) is 8.17. The molecule has 0 aliphatic carbocycles. The molecule has 0 unspecified atom stereocenters. The minimum Gasteiger partial charge on any atom is -0.366 e. The molecule has 1 fully saturated rings. The van der Waals surface area contributed by atoms with Gasteiger partial charge >= 0.3 is 0 Å². The van der Waals surface area contributed by atoms with Crippen LogP contribution in [0.1, 0.15) is 19.3 Å². The molecule has 0 spiro atoms. The highest BCUT2D eigenvalue weighted by atomic mass is 79.9. The van der Waals surface area contributed by atoms with Gasteiger partial charge in [0.1, 0.15) is 5.82 Å². The predicted octanol–water partition coefficient (Wildman–Crippen LogP) is 3.04. The van der Waals surface area contributed by atoms with Gasteiger partial charge in [-0.3, -0.25) is 4.79 Å². The Balaban J connectivity index is 1.83. The fourth-order valence-corrected chi connectivity index (χ4v) is 2.83. The molecule has 1 aromatic carbocycles. The van der Waals surface area contributed by atoms with Crippen LogP contribution in [0, 0.1) is 5.82 Å². The predicted molar refractivity (Wildman–Crippen MR) is 82.8 cm³/mol. The first kappa shape index (κ1) is 15.3. The van der Waals surface area contributed by atoms with Crippen molar-refractivity contribution in [1.29, 1.82) is 0 Å². The summed E-state index contributed by atoms with van der Waals surface area (Å²) in [5.41, 5.74) is 0.638. The van der Waals surface area contributed by atoms with Crippen molar-refractivity contribution in [1.82, 2.24) is 4.90 Å². The van der Waals surface area contributed by atoms with Crippen LogP contribution in [0.3, 0.4) is 0 Å². The number of para-hydroxylation sites is 1. The monoisotopic (exact) mass is 342 g/mol. The highest BCUT2D eigenvalue weighted by molar-refractivity contribution is 9.09. The number of rotatable bonds is 5. The van der Waals surface area contributed by atoms with Gasteiger partial charge in [0.05, 0.1) is 5.69 Å². The molecule has 1 aliphatic heterocycles. The normalized spacial score (nSPS) is 15.5. The number of carbonyl (C=O) groups is 1. The number of alkyl halides is 1. The molecule has 0 saturated carbocycles. The largest absolute Gasteiger partial charge is 0.366 e. The molecule has 0 bridgehead atoms. The molecule has 1 aromatic rings. The van der Waals surface area contributed by atoms with Crippen molar-refractivity contribution >= 4 is 27.5 Å². The average molecular weight is 343 g/mol. The standard InChI is InChI=1S/C15H20BrFN2O/c16-8-4-3-7-15(20)19-11-9-18(10-12-19)14-6-2-1-5-13(14)17/h1-2,5-6H,3-4,7-12H2. The Hall–Kier alpha value is -1.10. The summed E-state index contributed by atoms with van der Waals surface area (Å²) >= 11 is 3.37.